The molecule has 2 saturated heterocycles. The topological polar surface area (TPSA) is 222 Å². The molecule has 10 atom stereocenters. The van der Waals surface area contributed by atoms with Gasteiger partial charge >= 0.3 is 6.03 Å². The quantitative estimate of drug-likeness (QED) is 0.0838. The average Bonchev–Trinajstić information content (AvgIpc) is 3.68. The number of halogens is 1. The standard InChI is InChI=1S/C19H32ClN3O12/c20-3-4-23(21-32)19(31)22(5-8-1-2-8)17-14(29)13(28)16(10(7-25)33-17)35-18-15(30)12(27)11(26)9(6-24)34-18/h8-18,24-30H,1-7H2/t9-,10-,11-,12+,13-,14-,15-,16-,17?,18-/m1/s1. The highest BCUT2D eigenvalue weighted by molar-refractivity contribution is 6.18. The van der Waals surface area contributed by atoms with E-state index in [-0.39, 0.29) is 24.9 Å². The normalized spacial score (nSPS) is 39.8. The Morgan fingerprint density at radius 2 is 1.60 bits per heavy atom. The van der Waals surface area contributed by atoms with Crippen LogP contribution in [-0.4, -0.2) is 145 Å². The van der Waals surface area contributed by atoms with Gasteiger partial charge in [-0.3, -0.25) is 4.90 Å². The molecule has 35 heavy (non-hydrogen) atoms. The molecule has 1 aliphatic carbocycles. The number of nitroso groups, excluding NO2 is 1. The minimum absolute atomic E-state index is 0.0760. The van der Waals surface area contributed by atoms with Gasteiger partial charge in [-0.15, -0.1) is 16.5 Å². The molecule has 0 aromatic carbocycles. The monoisotopic (exact) mass is 529 g/mol. The number of ether oxygens (including phenoxy) is 3. The molecule has 1 saturated carbocycles. The zero-order valence-electron chi connectivity index (χ0n) is 18.7. The lowest BCUT2D eigenvalue weighted by Gasteiger charge is -2.48. The van der Waals surface area contributed by atoms with Crippen molar-refractivity contribution in [3.63, 3.8) is 0 Å². The maximum absolute atomic E-state index is 13.0. The van der Waals surface area contributed by atoms with Gasteiger partial charge in [-0.1, -0.05) is 0 Å². The summed E-state index contributed by atoms with van der Waals surface area (Å²) in [5.41, 5.74) is 0. The lowest BCUT2D eigenvalue weighted by molar-refractivity contribution is -0.347. The van der Waals surface area contributed by atoms with Crippen LogP contribution in [0.25, 0.3) is 0 Å². The smallest absolute Gasteiger partial charge is 0.345 e. The van der Waals surface area contributed by atoms with Crippen molar-refractivity contribution in [1.82, 2.24) is 9.91 Å². The van der Waals surface area contributed by atoms with Gasteiger partial charge in [0.2, 0.25) is 0 Å². The number of carbonyl (C=O) groups is 1. The van der Waals surface area contributed by atoms with Crippen molar-refractivity contribution >= 4 is 17.6 Å². The lowest BCUT2D eigenvalue weighted by atomic mass is 9.96. The predicted octanol–water partition coefficient (Wildman–Crippen LogP) is -3.34. The molecule has 16 heteroatoms. The number of carbonyl (C=O) groups excluding carboxylic acids is 1. The van der Waals surface area contributed by atoms with Crippen molar-refractivity contribution in [2.45, 2.75) is 74.2 Å². The van der Waals surface area contributed by atoms with Crippen LogP contribution in [0.2, 0.25) is 0 Å². The Bertz CT molecular complexity index is 717. The van der Waals surface area contributed by atoms with E-state index in [4.69, 9.17) is 25.8 Å². The molecule has 3 aliphatic rings. The summed E-state index contributed by atoms with van der Waals surface area (Å²) >= 11 is 5.63. The van der Waals surface area contributed by atoms with Gasteiger partial charge in [0.25, 0.3) is 0 Å². The van der Waals surface area contributed by atoms with Crippen molar-refractivity contribution in [3.8, 4) is 0 Å². The molecular weight excluding hydrogens is 498 g/mol. The van der Waals surface area contributed by atoms with Crippen LogP contribution in [0.3, 0.4) is 0 Å². The van der Waals surface area contributed by atoms with Crippen molar-refractivity contribution < 1.29 is 54.8 Å². The van der Waals surface area contributed by atoms with Gasteiger partial charge in [0.15, 0.2) is 12.5 Å². The first-order valence-electron chi connectivity index (χ1n) is 11.2. The molecule has 2 aliphatic heterocycles. The molecule has 0 radical (unpaired) electrons. The van der Waals surface area contributed by atoms with Crippen LogP contribution in [0, 0.1) is 10.8 Å². The Hall–Kier alpha value is -1.24. The van der Waals surface area contributed by atoms with Gasteiger partial charge in [0.1, 0.15) is 48.8 Å². The number of amides is 2. The molecule has 1 unspecified atom stereocenters. The molecule has 2 amide bonds. The fourth-order valence-corrected chi connectivity index (χ4v) is 4.26. The van der Waals surface area contributed by atoms with Crippen LogP contribution in [0.1, 0.15) is 12.8 Å². The Kier molecular flexibility index (Phi) is 9.98. The van der Waals surface area contributed by atoms with Crippen molar-refractivity contribution in [2.75, 3.05) is 32.2 Å². The Morgan fingerprint density at radius 1 is 0.943 bits per heavy atom. The number of alkyl halides is 1. The Labute approximate surface area is 205 Å². The van der Waals surface area contributed by atoms with Crippen LogP contribution in [0.4, 0.5) is 4.79 Å². The maximum Gasteiger partial charge on any atom is 0.345 e. The molecule has 0 aromatic rings. The van der Waals surface area contributed by atoms with Crippen LogP contribution in [-0.2, 0) is 14.2 Å². The van der Waals surface area contributed by atoms with E-state index >= 15 is 0 Å². The van der Waals surface area contributed by atoms with E-state index < -0.39 is 80.6 Å². The number of hydrogen-bond acceptors (Lipinski definition) is 13. The van der Waals surface area contributed by atoms with Crippen LogP contribution >= 0.6 is 11.6 Å². The van der Waals surface area contributed by atoms with Gasteiger partial charge in [-0.05, 0) is 18.8 Å². The first-order chi connectivity index (χ1) is 16.7. The maximum atomic E-state index is 13.0. The zero-order valence-corrected chi connectivity index (χ0v) is 19.4. The fraction of sp³-hybridized carbons (Fsp3) is 0.947. The predicted molar refractivity (Wildman–Crippen MR) is 114 cm³/mol. The molecular formula is C19H32ClN3O12. The largest absolute Gasteiger partial charge is 0.394 e. The Balaban J connectivity index is 1.79. The average molecular weight is 530 g/mol. The van der Waals surface area contributed by atoms with E-state index in [0.717, 1.165) is 17.7 Å². The number of nitrogens with zero attached hydrogens (tertiary/aromatic N) is 3. The van der Waals surface area contributed by atoms with E-state index in [1.54, 1.807) is 0 Å². The van der Waals surface area contributed by atoms with Gasteiger partial charge < -0.3 is 50.0 Å². The summed E-state index contributed by atoms with van der Waals surface area (Å²) in [4.78, 5) is 25.2. The van der Waals surface area contributed by atoms with Crippen molar-refractivity contribution in [2.24, 2.45) is 11.2 Å². The third-order valence-electron chi connectivity index (χ3n) is 6.30. The first kappa shape index (κ1) is 28.3. The molecule has 202 valence electrons. The third kappa shape index (κ3) is 6.19. The molecule has 7 N–H and O–H groups in total. The Morgan fingerprint density at radius 3 is 2.14 bits per heavy atom. The molecule has 0 bridgehead atoms. The van der Waals surface area contributed by atoms with Crippen LogP contribution in [0.5, 0.6) is 0 Å². The van der Waals surface area contributed by atoms with Gasteiger partial charge in [0, 0.05) is 12.4 Å². The van der Waals surface area contributed by atoms with Crippen LogP contribution < -0.4 is 0 Å². The second-order valence-electron chi connectivity index (χ2n) is 8.80. The van der Waals surface area contributed by atoms with E-state index in [1.165, 1.54) is 0 Å². The number of hydrogen-bond donors (Lipinski definition) is 7. The molecule has 0 aromatic heterocycles. The summed E-state index contributed by atoms with van der Waals surface area (Å²) in [7, 11) is 0. The molecule has 3 rings (SSSR count). The fourth-order valence-electron chi connectivity index (χ4n) is 4.10. The highest BCUT2D eigenvalue weighted by atomic mass is 35.5. The van der Waals surface area contributed by atoms with Gasteiger partial charge in [-0.25, -0.2) is 4.79 Å². The number of aliphatic hydroxyl groups excluding tert-OH is 7. The molecule has 0 spiro atoms. The minimum atomic E-state index is -1.80. The summed E-state index contributed by atoms with van der Waals surface area (Å²) in [6.07, 6.45) is -14.5. The summed E-state index contributed by atoms with van der Waals surface area (Å²) in [5.74, 6) is -0.00762. The second-order valence-corrected chi connectivity index (χ2v) is 9.18. The second kappa shape index (κ2) is 12.3. The highest BCUT2D eigenvalue weighted by Crippen LogP contribution is 2.34. The van der Waals surface area contributed by atoms with E-state index in [9.17, 15) is 45.4 Å². The summed E-state index contributed by atoms with van der Waals surface area (Å²) in [6, 6.07) is -0.909. The van der Waals surface area contributed by atoms with Crippen molar-refractivity contribution in [3.05, 3.63) is 4.91 Å². The van der Waals surface area contributed by atoms with E-state index in [1.807, 2.05) is 0 Å². The van der Waals surface area contributed by atoms with Gasteiger partial charge in [-0.2, -0.15) is 5.01 Å². The highest BCUT2D eigenvalue weighted by Gasteiger charge is 2.52. The van der Waals surface area contributed by atoms with Crippen LogP contribution in [0.15, 0.2) is 5.29 Å². The summed E-state index contributed by atoms with van der Waals surface area (Å²) in [6.45, 7) is -1.60. The van der Waals surface area contributed by atoms with Gasteiger partial charge in [0.05, 0.1) is 25.0 Å². The molecule has 3 fully saturated rings. The molecule has 2 heterocycles. The lowest BCUT2D eigenvalue weighted by Crippen LogP contribution is -2.67. The summed E-state index contributed by atoms with van der Waals surface area (Å²) in [5, 5.41) is 74.2. The number of urea groups is 1. The SMILES string of the molecule is O=NN(CCCl)C(=O)N(CC1CC1)C1O[C@H](CO)[C@@H](O[C@H]2O[C@H](CO)[C@@H](O)[C@H](O)[C@H]2O)[C@H](O)[C@H]1O. The third-order valence-corrected chi connectivity index (χ3v) is 6.47. The first-order valence-corrected chi connectivity index (χ1v) is 11.8. The minimum Gasteiger partial charge on any atom is -0.394 e. The van der Waals surface area contributed by atoms with E-state index in [0.29, 0.717) is 5.01 Å². The van der Waals surface area contributed by atoms with E-state index in [2.05, 4.69) is 5.29 Å². The molecule has 15 nitrogen and oxygen atoms in total. The summed E-state index contributed by atoms with van der Waals surface area (Å²) < 4.78 is 16.5. The number of rotatable bonds is 10. The number of aliphatic hydroxyl groups is 7. The van der Waals surface area contributed by atoms with Crippen molar-refractivity contribution in [1.29, 1.82) is 0 Å². The zero-order chi connectivity index (χ0) is 25.9.